The molecule has 4 rings (SSSR count). The number of rotatable bonds is 4. The van der Waals surface area contributed by atoms with E-state index in [0.29, 0.717) is 12.4 Å². The Morgan fingerprint density at radius 1 is 0.963 bits per heavy atom. The SMILES string of the molecule is CCOc1ccc2c(c1)C(c1ccncc1)=NNC(c1ccc(Br)cc1)=N2. The van der Waals surface area contributed by atoms with Crippen LogP contribution in [0.2, 0.25) is 0 Å². The maximum absolute atomic E-state index is 5.68. The molecular formula is C21H17BrN4O. The van der Waals surface area contributed by atoms with Crippen LogP contribution in [-0.2, 0) is 0 Å². The summed E-state index contributed by atoms with van der Waals surface area (Å²) in [5.74, 6) is 1.48. The first-order valence-corrected chi connectivity index (χ1v) is 9.40. The van der Waals surface area contributed by atoms with E-state index in [4.69, 9.17) is 9.73 Å². The number of hydrogen-bond acceptors (Lipinski definition) is 5. The fourth-order valence-electron chi connectivity index (χ4n) is 2.84. The van der Waals surface area contributed by atoms with Gasteiger partial charge in [0.15, 0.2) is 5.84 Å². The Labute approximate surface area is 166 Å². The molecular weight excluding hydrogens is 404 g/mol. The van der Waals surface area contributed by atoms with Gasteiger partial charge in [-0.1, -0.05) is 28.1 Å². The van der Waals surface area contributed by atoms with Crippen molar-refractivity contribution in [1.29, 1.82) is 0 Å². The van der Waals surface area contributed by atoms with Crippen molar-refractivity contribution in [1.82, 2.24) is 10.4 Å². The fourth-order valence-corrected chi connectivity index (χ4v) is 3.10. The Kier molecular flexibility index (Phi) is 4.98. The molecule has 1 N–H and O–H groups in total. The molecule has 0 aliphatic carbocycles. The van der Waals surface area contributed by atoms with Gasteiger partial charge in [0.05, 0.1) is 12.3 Å². The topological polar surface area (TPSA) is 58.9 Å². The van der Waals surface area contributed by atoms with Crippen LogP contribution in [0.5, 0.6) is 5.75 Å². The summed E-state index contributed by atoms with van der Waals surface area (Å²) in [6.45, 7) is 2.57. The Balaban J connectivity index is 1.85. The van der Waals surface area contributed by atoms with Gasteiger partial charge in [-0.05, 0) is 49.4 Å². The molecule has 27 heavy (non-hydrogen) atoms. The van der Waals surface area contributed by atoms with Crippen LogP contribution in [0.15, 0.2) is 81.6 Å². The number of hydrogen-bond donors (Lipinski definition) is 1. The van der Waals surface area contributed by atoms with E-state index in [1.165, 1.54) is 0 Å². The summed E-state index contributed by atoms with van der Waals surface area (Å²) >= 11 is 3.47. The summed E-state index contributed by atoms with van der Waals surface area (Å²) < 4.78 is 6.70. The van der Waals surface area contributed by atoms with Crippen LogP contribution in [0.25, 0.3) is 0 Å². The molecule has 5 nitrogen and oxygen atoms in total. The van der Waals surface area contributed by atoms with Crippen LogP contribution >= 0.6 is 15.9 Å². The summed E-state index contributed by atoms with van der Waals surface area (Å²) in [7, 11) is 0. The predicted octanol–water partition coefficient (Wildman–Crippen LogP) is 4.68. The molecule has 0 bridgehead atoms. The molecule has 0 saturated carbocycles. The molecule has 0 spiro atoms. The molecule has 0 amide bonds. The standard InChI is InChI=1S/C21H17BrN4O/c1-2-27-17-7-8-19-18(13-17)20(14-9-11-23-12-10-14)25-26-21(24-19)15-3-5-16(22)6-4-15/h3-13H,2H2,1H3,(H,24,26). The van der Waals surface area contributed by atoms with Gasteiger partial charge in [0.1, 0.15) is 11.5 Å². The van der Waals surface area contributed by atoms with Gasteiger partial charge in [-0.2, -0.15) is 5.10 Å². The van der Waals surface area contributed by atoms with E-state index in [-0.39, 0.29) is 0 Å². The van der Waals surface area contributed by atoms with Gasteiger partial charge in [0, 0.05) is 33.6 Å². The molecule has 6 heteroatoms. The molecule has 0 radical (unpaired) electrons. The number of hydrazone groups is 1. The minimum Gasteiger partial charge on any atom is -0.494 e. The molecule has 134 valence electrons. The first-order chi connectivity index (χ1) is 13.2. The van der Waals surface area contributed by atoms with E-state index in [2.05, 4.69) is 31.4 Å². The predicted molar refractivity (Wildman–Crippen MR) is 111 cm³/mol. The molecule has 0 fully saturated rings. The van der Waals surface area contributed by atoms with Crippen molar-refractivity contribution in [3.05, 3.63) is 88.2 Å². The summed E-state index contributed by atoms with van der Waals surface area (Å²) in [6, 6.07) is 17.7. The van der Waals surface area contributed by atoms with Crippen molar-refractivity contribution < 1.29 is 4.74 Å². The minimum atomic E-state index is 0.603. The van der Waals surface area contributed by atoms with E-state index < -0.39 is 0 Å². The number of nitrogens with one attached hydrogen (secondary N) is 1. The van der Waals surface area contributed by atoms with E-state index >= 15 is 0 Å². The summed E-state index contributed by atoms with van der Waals surface area (Å²) in [5, 5.41) is 4.66. The van der Waals surface area contributed by atoms with Crippen molar-refractivity contribution in [2.75, 3.05) is 6.61 Å². The van der Waals surface area contributed by atoms with Crippen molar-refractivity contribution in [2.45, 2.75) is 6.92 Å². The van der Waals surface area contributed by atoms with Gasteiger partial charge >= 0.3 is 0 Å². The maximum atomic E-state index is 5.68. The van der Waals surface area contributed by atoms with Crippen LogP contribution in [0.1, 0.15) is 23.6 Å². The lowest BCUT2D eigenvalue weighted by molar-refractivity contribution is 0.340. The van der Waals surface area contributed by atoms with Gasteiger partial charge < -0.3 is 4.74 Å². The smallest absolute Gasteiger partial charge is 0.154 e. The van der Waals surface area contributed by atoms with E-state index in [1.807, 2.05) is 61.5 Å². The molecule has 0 unspecified atom stereocenters. The second kappa shape index (κ2) is 7.72. The second-order valence-corrected chi connectivity index (χ2v) is 6.80. The number of nitrogens with zero attached hydrogens (tertiary/aromatic N) is 3. The van der Waals surface area contributed by atoms with Gasteiger partial charge in [-0.15, -0.1) is 0 Å². The number of fused-ring (bicyclic) bond motifs is 1. The highest BCUT2D eigenvalue weighted by molar-refractivity contribution is 9.10. The van der Waals surface area contributed by atoms with E-state index in [1.54, 1.807) is 12.4 Å². The maximum Gasteiger partial charge on any atom is 0.154 e. The third-order valence-corrected chi connectivity index (χ3v) is 4.64. The monoisotopic (exact) mass is 420 g/mol. The van der Waals surface area contributed by atoms with Crippen molar-refractivity contribution in [2.24, 2.45) is 10.1 Å². The Hall–Kier alpha value is -2.99. The van der Waals surface area contributed by atoms with Crippen molar-refractivity contribution in [3.8, 4) is 5.75 Å². The Morgan fingerprint density at radius 3 is 2.48 bits per heavy atom. The fraction of sp³-hybridized carbons (Fsp3) is 0.0952. The zero-order valence-electron chi connectivity index (χ0n) is 14.7. The molecule has 1 aliphatic rings. The molecule has 1 aromatic heterocycles. The number of pyridine rings is 1. The highest BCUT2D eigenvalue weighted by Gasteiger charge is 2.18. The zero-order valence-corrected chi connectivity index (χ0v) is 16.3. The average molecular weight is 421 g/mol. The van der Waals surface area contributed by atoms with Crippen LogP contribution in [-0.4, -0.2) is 23.1 Å². The Morgan fingerprint density at radius 2 is 1.74 bits per heavy atom. The summed E-state index contributed by atoms with van der Waals surface area (Å²) in [6.07, 6.45) is 3.51. The number of ether oxygens (including phenoxy) is 1. The molecule has 0 saturated heterocycles. The average Bonchev–Trinajstić information content (AvgIpc) is 2.89. The first kappa shape index (κ1) is 17.4. The van der Waals surface area contributed by atoms with Crippen LogP contribution in [0, 0.1) is 0 Å². The molecule has 0 atom stereocenters. The summed E-state index contributed by atoms with van der Waals surface area (Å²) in [4.78, 5) is 8.92. The van der Waals surface area contributed by atoms with Gasteiger partial charge in [-0.3, -0.25) is 10.4 Å². The quantitative estimate of drug-likeness (QED) is 0.666. The lowest BCUT2D eigenvalue weighted by atomic mass is 10.0. The van der Waals surface area contributed by atoms with Crippen molar-refractivity contribution in [3.63, 3.8) is 0 Å². The van der Waals surface area contributed by atoms with Gasteiger partial charge in [0.25, 0.3) is 0 Å². The van der Waals surface area contributed by atoms with Gasteiger partial charge in [-0.25, -0.2) is 4.99 Å². The highest BCUT2D eigenvalue weighted by Crippen LogP contribution is 2.29. The third kappa shape index (κ3) is 3.75. The Bertz CT molecular complexity index is 1010. The normalized spacial score (nSPS) is 13.0. The van der Waals surface area contributed by atoms with Crippen molar-refractivity contribution >= 4 is 33.2 Å². The number of amidine groups is 1. The molecule has 1 aliphatic heterocycles. The van der Waals surface area contributed by atoms with Crippen LogP contribution in [0.4, 0.5) is 5.69 Å². The molecule has 2 aromatic carbocycles. The molecule has 3 aromatic rings. The van der Waals surface area contributed by atoms with E-state index in [0.717, 1.165) is 38.3 Å². The lowest BCUT2D eigenvalue weighted by Gasteiger charge is -2.10. The summed E-state index contributed by atoms with van der Waals surface area (Å²) in [5.41, 5.74) is 7.58. The zero-order chi connectivity index (χ0) is 18.6. The van der Waals surface area contributed by atoms with Crippen LogP contribution < -0.4 is 10.2 Å². The van der Waals surface area contributed by atoms with E-state index in [9.17, 15) is 0 Å². The number of aliphatic imine (C=N–C) groups is 1. The lowest BCUT2D eigenvalue weighted by Crippen LogP contribution is -2.19. The van der Waals surface area contributed by atoms with Crippen LogP contribution in [0.3, 0.4) is 0 Å². The minimum absolute atomic E-state index is 0.603. The number of benzene rings is 2. The largest absolute Gasteiger partial charge is 0.494 e. The number of aromatic nitrogens is 1. The third-order valence-electron chi connectivity index (χ3n) is 4.11. The van der Waals surface area contributed by atoms with Gasteiger partial charge in [0.2, 0.25) is 0 Å². The highest BCUT2D eigenvalue weighted by atomic mass is 79.9. The first-order valence-electron chi connectivity index (χ1n) is 8.60. The number of halogens is 1. The molecule has 2 heterocycles. The second-order valence-electron chi connectivity index (χ2n) is 5.89.